The lowest BCUT2D eigenvalue weighted by Crippen LogP contribution is -2.15. The normalized spacial score (nSPS) is 10.7. The first-order chi connectivity index (χ1) is 8.49. The number of aryl methyl sites for hydroxylation is 2. The molecule has 0 radical (unpaired) electrons. The molecule has 0 spiro atoms. The first-order valence-electron chi connectivity index (χ1n) is 6.28. The van der Waals surface area contributed by atoms with Crippen LogP contribution in [0.25, 0.3) is 0 Å². The molecule has 0 heterocycles. The molecule has 0 aliphatic heterocycles. The fraction of sp³-hybridized carbons (Fsp3) is 0.533. The Bertz CT molecular complexity index is 397. The topological polar surface area (TPSA) is 35.5 Å². The Morgan fingerprint density at radius 1 is 1.28 bits per heavy atom. The van der Waals surface area contributed by atoms with Gasteiger partial charge in [0.1, 0.15) is 6.61 Å². The van der Waals surface area contributed by atoms with Crippen molar-refractivity contribution >= 4 is 5.97 Å². The van der Waals surface area contributed by atoms with Crippen LogP contribution in [-0.2, 0) is 20.9 Å². The summed E-state index contributed by atoms with van der Waals surface area (Å²) >= 11 is 0. The number of carbonyl (C=O) groups is 1. The number of benzene rings is 1. The van der Waals surface area contributed by atoms with Gasteiger partial charge in [-0.25, -0.2) is 4.79 Å². The zero-order valence-electron chi connectivity index (χ0n) is 11.7. The van der Waals surface area contributed by atoms with Gasteiger partial charge in [-0.2, -0.15) is 0 Å². The van der Waals surface area contributed by atoms with Gasteiger partial charge in [-0.05, 0) is 30.9 Å². The van der Waals surface area contributed by atoms with E-state index in [2.05, 4.69) is 13.0 Å². The Hall–Kier alpha value is -1.35. The summed E-state index contributed by atoms with van der Waals surface area (Å²) in [6.07, 6.45) is 0. The summed E-state index contributed by atoms with van der Waals surface area (Å²) in [4.78, 5) is 11.3. The van der Waals surface area contributed by atoms with Gasteiger partial charge in [-0.1, -0.05) is 37.6 Å². The molecule has 0 aromatic heterocycles. The second kappa shape index (κ2) is 7.17. The largest absolute Gasteiger partial charge is 0.464 e. The molecule has 0 aliphatic rings. The summed E-state index contributed by atoms with van der Waals surface area (Å²) < 4.78 is 10.4. The molecule has 0 saturated carbocycles. The Morgan fingerprint density at radius 3 is 2.61 bits per heavy atom. The number of hydrogen-bond acceptors (Lipinski definition) is 3. The lowest BCUT2D eigenvalue weighted by atomic mass is 10.1. The zero-order chi connectivity index (χ0) is 13.5. The Kier molecular flexibility index (Phi) is 5.86. The summed E-state index contributed by atoms with van der Waals surface area (Å²) in [5, 5.41) is 0. The van der Waals surface area contributed by atoms with Gasteiger partial charge in [-0.15, -0.1) is 0 Å². The van der Waals surface area contributed by atoms with Gasteiger partial charge in [0.2, 0.25) is 0 Å². The van der Waals surface area contributed by atoms with E-state index in [9.17, 15) is 4.79 Å². The molecule has 1 aromatic rings. The molecule has 1 aromatic carbocycles. The van der Waals surface area contributed by atoms with Gasteiger partial charge in [-0.3, -0.25) is 0 Å². The van der Waals surface area contributed by atoms with Crippen LogP contribution in [0.4, 0.5) is 0 Å². The zero-order valence-corrected chi connectivity index (χ0v) is 11.7. The molecule has 0 amide bonds. The number of carbonyl (C=O) groups excluding carboxylic acids is 1. The van der Waals surface area contributed by atoms with E-state index in [1.165, 1.54) is 11.1 Å². The van der Waals surface area contributed by atoms with Crippen molar-refractivity contribution in [3.8, 4) is 0 Å². The van der Waals surface area contributed by atoms with Crippen LogP contribution >= 0.6 is 0 Å². The monoisotopic (exact) mass is 250 g/mol. The third kappa shape index (κ3) is 5.32. The molecule has 0 atom stereocenters. The van der Waals surface area contributed by atoms with E-state index in [1.807, 2.05) is 32.9 Å². The van der Waals surface area contributed by atoms with Crippen molar-refractivity contribution < 1.29 is 14.3 Å². The van der Waals surface area contributed by atoms with Crippen molar-refractivity contribution in [2.75, 3.05) is 13.2 Å². The molecule has 1 rings (SSSR count). The molecular weight excluding hydrogens is 228 g/mol. The van der Waals surface area contributed by atoms with E-state index in [0.717, 1.165) is 5.56 Å². The SMILES string of the molecule is Cc1ccc(COCC(=O)OCC(C)C)c(C)c1. The Labute approximate surface area is 109 Å². The van der Waals surface area contributed by atoms with Crippen LogP contribution in [0.15, 0.2) is 18.2 Å². The maximum atomic E-state index is 11.3. The van der Waals surface area contributed by atoms with E-state index < -0.39 is 0 Å². The summed E-state index contributed by atoms with van der Waals surface area (Å²) in [5.41, 5.74) is 3.52. The molecule has 0 aliphatic carbocycles. The second-order valence-corrected chi connectivity index (χ2v) is 5.00. The maximum Gasteiger partial charge on any atom is 0.332 e. The van der Waals surface area contributed by atoms with Crippen molar-refractivity contribution in [3.05, 3.63) is 34.9 Å². The highest BCUT2D eigenvalue weighted by Crippen LogP contribution is 2.11. The van der Waals surface area contributed by atoms with Crippen LogP contribution in [0.2, 0.25) is 0 Å². The van der Waals surface area contributed by atoms with Crippen LogP contribution in [-0.4, -0.2) is 19.2 Å². The number of hydrogen-bond donors (Lipinski definition) is 0. The van der Waals surface area contributed by atoms with Crippen LogP contribution < -0.4 is 0 Å². The van der Waals surface area contributed by atoms with E-state index in [-0.39, 0.29) is 12.6 Å². The van der Waals surface area contributed by atoms with Gasteiger partial charge in [0.25, 0.3) is 0 Å². The summed E-state index contributed by atoms with van der Waals surface area (Å²) in [7, 11) is 0. The average Bonchev–Trinajstić information content (AvgIpc) is 2.29. The first kappa shape index (κ1) is 14.7. The van der Waals surface area contributed by atoms with Gasteiger partial charge < -0.3 is 9.47 Å². The third-order valence-corrected chi connectivity index (χ3v) is 2.55. The highest BCUT2D eigenvalue weighted by atomic mass is 16.6. The van der Waals surface area contributed by atoms with Crippen LogP contribution in [0, 0.1) is 19.8 Å². The summed E-state index contributed by atoms with van der Waals surface area (Å²) in [6, 6.07) is 6.18. The number of rotatable bonds is 6. The standard InChI is InChI=1S/C15H22O3/c1-11(2)8-18-15(16)10-17-9-14-6-5-12(3)7-13(14)4/h5-7,11H,8-10H2,1-4H3. The lowest BCUT2D eigenvalue weighted by Gasteiger charge is -2.09. The molecule has 100 valence electrons. The van der Waals surface area contributed by atoms with Crippen molar-refractivity contribution in [2.45, 2.75) is 34.3 Å². The van der Waals surface area contributed by atoms with Crippen molar-refractivity contribution in [2.24, 2.45) is 5.92 Å². The van der Waals surface area contributed by atoms with Crippen molar-refractivity contribution in [3.63, 3.8) is 0 Å². The highest BCUT2D eigenvalue weighted by molar-refractivity contribution is 5.70. The molecule has 3 heteroatoms. The van der Waals surface area contributed by atoms with Gasteiger partial charge in [0.15, 0.2) is 0 Å². The molecule has 0 saturated heterocycles. The molecular formula is C15H22O3. The van der Waals surface area contributed by atoms with Crippen LogP contribution in [0.3, 0.4) is 0 Å². The summed E-state index contributed by atoms with van der Waals surface area (Å²) in [6.45, 7) is 9.02. The molecule has 3 nitrogen and oxygen atoms in total. The Balaban J connectivity index is 2.31. The predicted molar refractivity (Wildman–Crippen MR) is 71.4 cm³/mol. The minimum Gasteiger partial charge on any atom is -0.464 e. The molecule has 0 unspecified atom stereocenters. The average molecular weight is 250 g/mol. The van der Waals surface area contributed by atoms with Gasteiger partial charge in [0.05, 0.1) is 13.2 Å². The smallest absolute Gasteiger partial charge is 0.332 e. The van der Waals surface area contributed by atoms with E-state index in [1.54, 1.807) is 0 Å². The third-order valence-electron chi connectivity index (χ3n) is 2.55. The fourth-order valence-electron chi connectivity index (χ4n) is 1.55. The molecule has 18 heavy (non-hydrogen) atoms. The number of ether oxygens (including phenoxy) is 2. The van der Waals surface area contributed by atoms with Crippen molar-refractivity contribution in [1.29, 1.82) is 0 Å². The molecule has 0 fully saturated rings. The summed E-state index contributed by atoms with van der Waals surface area (Å²) in [5.74, 6) is 0.0572. The first-order valence-corrected chi connectivity index (χ1v) is 6.28. The van der Waals surface area contributed by atoms with Gasteiger partial charge >= 0.3 is 5.97 Å². The number of esters is 1. The quantitative estimate of drug-likeness (QED) is 0.728. The van der Waals surface area contributed by atoms with E-state index in [4.69, 9.17) is 9.47 Å². The van der Waals surface area contributed by atoms with E-state index in [0.29, 0.717) is 19.1 Å². The minimum atomic E-state index is -0.298. The van der Waals surface area contributed by atoms with Crippen molar-refractivity contribution in [1.82, 2.24) is 0 Å². The van der Waals surface area contributed by atoms with Crippen LogP contribution in [0.1, 0.15) is 30.5 Å². The predicted octanol–water partition coefficient (Wildman–Crippen LogP) is 3.02. The molecule has 0 bridgehead atoms. The highest BCUT2D eigenvalue weighted by Gasteiger charge is 2.05. The Morgan fingerprint density at radius 2 is 2.00 bits per heavy atom. The minimum absolute atomic E-state index is 0.0139. The van der Waals surface area contributed by atoms with E-state index >= 15 is 0 Å². The lowest BCUT2D eigenvalue weighted by molar-refractivity contribution is -0.150. The second-order valence-electron chi connectivity index (χ2n) is 5.00. The molecule has 0 N–H and O–H groups in total. The van der Waals surface area contributed by atoms with Crippen LogP contribution in [0.5, 0.6) is 0 Å². The maximum absolute atomic E-state index is 11.3. The fourth-order valence-corrected chi connectivity index (χ4v) is 1.55. The van der Waals surface area contributed by atoms with Gasteiger partial charge in [0, 0.05) is 0 Å².